The number of rotatable bonds is 3. The number of nitrogens with one attached hydrogen (secondary N) is 1. The Morgan fingerprint density at radius 1 is 1.37 bits per heavy atom. The summed E-state index contributed by atoms with van der Waals surface area (Å²) in [4.78, 5) is 16.9. The van der Waals surface area contributed by atoms with Crippen molar-refractivity contribution in [3.05, 3.63) is 42.6 Å². The molecule has 0 radical (unpaired) electrons. The number of nitrogens with zero attached hydrogens (tertiary/aromatic N) is 3. The van der Waals surface area contributed by atoms with Crippen molar-refractivity contribution in [1.29, 1.82) is 0 Å². The topological polar surface area (TPSA) is 79.9 Å². The minimum absolute atomic E-state index is 0. The Hall–Kier alpha value is -2.67. The average Bonchev–Trinajstić information content (AvgIpc) is 3.27. The molecule has 3 heterocycles. The van der Waals surface area contributed by atoms with E-state index in [0.717, 1.165) is 34.9 Å². The summed E-state index contributed by atoms with van der Waals surface area (Å²) in [5, 5.41) is 5.50. The van der Waals surface area contributed by atoms with Crippen LogP contribution < -0.4 is 5.73 Å². The maximum atomic E-state index is 13.4. The van der Waals surface area contributed by atoms with Crippen LogP contribution in [0.2, 0.25) is 0 Å². The van der Waals surface area contributed by atoms with Crippen molar-refractivity contribution in [2.45, 2.75) is 39.3 Å². The van der Waals surface area contributed by atoms with Crippen molar-refractivity contribution in [3.8, 4) is 11.1 Å². The molecule has 0 aliphatic carbocycles. The third-order valence-electron chi connectivity index (χ3n) is 5.10. The zero-order valence-electron chi connectivity index (χ0n) is 14.7. The molecule has 1 aliphatic rings. The zero-order valence-corrected chi connectivity index (χ0v) is 14.7. The van der Waals surface area contributed by atoms with Crippen LogP contribution in [0.1, 0.15) is 33.2 Å². The monoisotopic (exact) mass is 371 g/mol. The van der Waals surface area contributed by atoms with Gasteiger partial charge < -0.3 is 15.6 Å². The predicted molar refractivity (Wildman–Crippen MR) is 105 cm³/mol. The molecule has 3 aromatic rings. The highest BCUT2D eigenvalue weighted by Crippen LogP contribution is 2.30. The molecule has 0 saturated carbocycles. The van der Waals surface area contributed by atoms with E-state index >= 15 is 0 Å². The molecule has 144 valence electrons. The Bertz CT molecular complexity index is 937. The van der Waals surface area contributed by atoms with Gasteiger partial charge >= 0.3 is 0 Å². The Labute approximate surface area is 158 Å². The van der Waals surface area contributed by atoms with Crippen molar-refractivity contribution in [3.63, 3.8) is 0 Å². The number of halogens is 1. The second-order valence-electron chi connectivity index (χ2n) is 6.95. The summed E-state index contributed by atoms with van der Waals surface area (Å²) < 4.78 is 15.3. The molecule has 2 aromatic heterocycles. The highest BCUT2D eigenvalue weighted by Gasteiger charge is 2.26. The molecule has 7 heteroatoms. The number of amides is 1. The molecule has 3 N–H and O–H groups in total. The van der Waals surface area contributed by atoms with Gasteiger partial charge in [-0.05, 0) is 38.0 Å². The number of piperidine rings is 1. The van der Waals surface area contributed by atoms with E-state index in [4.69, 9.17) is 5.73 Å². The third-order valence-corrected chi connectivity index (χ3v) is 5.10. The van der Waals surface area contributed by atoms with Crippen LogP contribution in [0.5, 0.6) is 0 Å². The molecule has 1 fully saturated rings. The van der Waals surface area contributed by atoms with Crippen LogP contribution in [0.15, 0.2) is 36.8 Å². The van der Waals surface area contributed by atoms with Crippen molar-refractivity contribution < 1.29 is 9.18 Å². The van der Waals surface area contributed by atoms with Gasteiger partial charge in [0.1, 0.15) is 5.82 Å². The van der Waals surface area contributed by atoms with Gasteiger partial charge in [0, 0.05) is 47.5 Å². The number of fused-ring (bicyclic) bond motifs is 1. The van der Waals surface area contributed by atoms with Crippen molar-refractivity contribution >= 4 is 16.8 Å². The van der Waals surface area contributed by atoms with Crippen LogP contribution in [0.4, 0.5) is 4.39 Å². The van der Waals surface area contributed by atoms with E-state index in [2.05, 4.69) is 10.1 Å². The molecule has 1 saturated heterocycles. The van der Waals surface area contributed by atoms with Gasteiger partial charge in [0.15, 0.2) is 0 Å². The summed E-state index contributed by atoms with van der Waals surface area (Å²) in [5.74, 6) is -0.245. The molecule has 1 aliphatic heterocycles. The summed E-state index contributed by atoms with van der Waals surface area (Å²) in [7, 11) is 0. The largest absolute Gasteiger partial charge is 0.360 e. The maximum Gasteiger partial charge on any atom is 0.239 e. The number of aromatic amines is 1. The van der Waals surface area contributed by atoms with Gasteiger partial charge in [-0.1, -0.05) is 7.43 Å². The molecule has 4 rings (SSSR count). The zero-order chi connectivity index (χ0) is 18.3. The normalized spacial score (nSPS) is 16.3. The first-order chi connectivity index (χ1) is 12.5. The van der Waals surface area contributed by atoms with Crippen LogP contribution in [0, 0.1) is 5.82 Å². The summed E-state index contributed by atoms with van der Waals surface area (Å²) in [6.07, 6.45) is 7.47. The predicted octanol–water partition coefficient (Wildman–Crippen LogP) is 3.32. The number of carbonyl (C=O) groups excluding carboxylic acids is 1. The van der Waals surface area contributed by atoms with Crippen molar-refractivity contribution in [2.75, 3.05) is 13.1 Å². The Balaban J connectivity index is 0.00000210. The van der Waals surface area contributed by atoms with Gasteiger partial charge in [-0.25, -0.2) is 4.39 Å². The number of H-pyrrole nitrogens is 1. The molecular formula is C20H26FN5O. The smallest absolute Gasteiger partial charge is 0.239 e. The molecule has 0 unspecified atom stereocenters. The molecule has 0 bridgehead atoms. The van der Waals surface area contributed by atoms with E-state index in [0.29, 0.717) is 13.1 Å². The van der Waals surface area contributed by atoms with Crippen LogP contribution in [0.3, 0.4) is 0 Å². The van der Waals surface area contributed by atoms with Gasteiger partial charge in [-0.2, -0.15) is 5.10 Å². The number of carbonyl (C=O) groups is 1. The summed E-state index contributed by atoms with van der Waals surface area (Å²) >= 11 is 0. The Morgan fingerprint density at radius 2 is 2.11 bits per heavy atom. The van der Waals surface area contributed by atoms with Gasteiger partial charge in [0.05, 0.1) is 18.3 Å². The molecular weight excluding hydrogens is 345 g/mol. The van der Waals surface area contributed by atoms with E-state index in [-0.39, 0.29) is 25.2 Å². The summed E-state index contributed by atoms with van der Waals surface area (Å²) in [6, 6.07) is 4.56. The standard InChI is InChI=1S/C19H22FN5O.CH4/c1-12(21)19(26)24-6-4-15(5-7-24)25-11-13(9-23-25)17-10-22-18-8-14(20)2-3-16(17)18;/h2-3,8-12,15,22H,4-7,21H2,1H3;1H4/t12-;/m0./s1. The minimum atomic E-state index is -0.449. The molecule has 0 spiro atoms. The lowest BCUT2D eigenvalue weighted by Crippen LogP contribution is -2.46. The average molecular weight is 371 g/mol. The van der Waals surface area contributed by atoms with Gasteiger partial charge in [-0.3, -0.25) is 9.48 Å². The third kappa shape index (κ3) is 3.60. The quantitative estimate of drug-likeness (QED) is 0.741. The van der Waals surface area contributed by atoms with Crippen LogP contribution in [-0.2, 0) is 4.79 Å². The fourth-order valence-corrected chi connectivity index (χ4v) is 3.65. The molecule has 1 amide bonds. The number of hydrogen-bond donors (Lipinski definition) is 2. The van der Waals surface area contributed by atoms with Crippen LogP contribution in [0.25, 0.3) is 22.0 Å². The summed E-state index contributed by atoms with van der Waals surface area (Å²) in [5.41, 5.74) is 8.47. The second-order valence-corrected chi connectivity index (χ2v) is 6.95. The van der Waals surface area contributed by atoms with E-state index in [1.54, 1.807) is 13.0 Å². The van der Waals surface area contributed by atoms with Gasteiger partial charge in [0.25, 0.3) is 0 Å². The van der Waals surface area contributed by atoms with Gasteiger partial charge in [-0.15, -0.1) is 0 Å². The highest BCUT2D eigenvalue weighted by molar-refractivity contribution is 5.95. The maximum absolute atomic E-state index is 13.4. The number of hydrogen-bond acceptors (Lipinski definition) is 3. The molecule has 27 heavy (non-hydrogen) atoms. The number of aromatic nitrogens is 3. The first-order valence-electron chi connectivity index (χ1n) is 8.88. The lowest BCUT2D eigenvalue weighted by Gasteiger charge is -2.33. The van der Waals surface area contributed by atoms with E-state index in [9.17, 15) is 9.18 Å². The van der Waals surface area contributed by atoms with Crippen LogP contribution in [-0.4, -0.2) is 44.7 Å². The van der Waals surface area contributed by atoms with E-state index < -0.39 is 6.04 Å². The van der Waals surface area contributed by atoms with Crippen LogP contribution >= 0.6 is 0 Å². The fourth-order valence-electron chi connectivity index (χ4n) is 3.65. The molecule has 6 nitrogen and oxygen atoms in total. The van der Waals surface area contributed by atoms with Crippen molar-refractivity contribution in [1.82, 2.24) is 19.7 Å². The lowest BCUT2D eigenvalue weighted by molar-refractivity contribution is -0.133. The van der Waals surface area contributed by atoms with Crippen molar-refractivity contribution in [2.24, 2.45) is 5.73 Å². The Kier molecular flexibility index (Phi) is 5.32. The number of benzene rings is 1. The summed E-state index contributed by atoms with van der Waals surface area (Å²) in [6.45, 7) is 3.13. The lowest BCUT2D eigenvalue weighted by atomic mass is 10.0. The molecule has 1 aromatic carbocycles. The highest BCUT2D eigenvalue weighted by atomic mass is 19.1. The minimum Gasteiger partial charge on any atom is -0.360 e. The SMILES string of the molecule is C.C[C@H](N)C(=O)N1CCC(n2cc(-c3c[nH]c4cc(F)ccc34)cn2)CC1. The number of nitrogens with two attached hydrogens (primary N) is 1. The Morgan fingerprint density at radius 3 is 2.81 bits per heavy atom. The first kappa shape index (κ1) is 19.1. The van der Waals surface area contributed by atoms with E-state index in [1.807, 2.05) is 28.2 Å². The first-order valence-corrected chi connectivity index (χ1v) is 8.88. The molecule has 1 atom stereocenters. The van der Waals surface area contributed by atoms with Gasteiger partial charge in [0.2, 0.25) is 5.91 Å². The fraction of sp³-hybridized carbons (Fsp3) is 0.400. The number of likely N-dealkylation sites (tertiary alicyclic amines) is 1. The second kappa shape index (κ2) is 7.52. The van der Waals surface area contributed by atoms with E-state index in [1.165, 1.54) is 12.1 Å².